The van der Waals surface area contributed by atoms with Crippen molar-refractivity contribution >= 4 is 0 Å². The third kappa shape index (κ3) is 3.51. The van der Waals surface area contributed by atoms with Crippen molar-refractivity contribution < 1.29 is 0 Å². The fourth-order valence-electron chi connectivity index (χ4n) is 2.70. The molecule has 1 atom stereocenters. The molecule has 2 rings (SSSR count). The highest BCUT2D eigenvalue weighted by Gasteiger charge is 2.20. The number of rotatable bonds is 4. The molecule has 1 aromatic heterocycles. The van der Waals surface area contributed by atoms with Gasteiger partial charge in [0.1, 0.15) is 0 Å². The van der Waals surface area contributed by atoms with Gasteiger partial charge in [0.15, 0.2) is 0 Å². The van der Waals surface area contributed by atoms with Crippen molar-refractivity contribution in [3.8, 4) is 0 Å². The molecule has 0 aliphatic carbocycles. The molecule has 1 aliphatic heterocycles. The molecule has 1 aliphatic rings. The monoisotopic (exact) mass is 233 g/mol. The lowest BCUT2D eigenvalue weighted by Crippen LogP contribution is -2.31. The topological polar surface area (TPSA) is 42.1 Å². The van der Waals surface area contributed by atoms with E-state index in [1.165, 1.54) is 44.3 Å². The summed E-state index contributed by atoms with van der Waals surface area (Å²) in [4.78, 5) is 6.83. The Hall–Kier alpha value is -0.930. The zero-order valence-electron chi connectivity index (χ0n) is 10.5. The van der Waals surface area contributed by atoms with Gasteiger partial charge in [0.25, 0.3) is 0 Å². The van der Waals surface area contributed by atoms with E-state index in [9.17, 15) is 0 Å². The maximum absolute atomic E-state index is 5.77. The van der Waals surface area contributed by atoms with Gasteiger partial charge in [0, 0.05) is 18.4 Å². The minimum atomic E-state index is 0.465. The van der Waals surface area contributed by atoms with Gasteiger partial charge in [-0.05, 0) is 50.5 Å². The summed E-state index contributed by atoms with van der Waals surface area (Å²) < 4.78 is 0. The standard InChI is InChI=1S/C14H23N3/c15-8-7-14(13-6-5-9-16-12-13)17-10-3-1-2-4-11-17/h5-6,9,12,14H,1-4,7-8,10-11,15H2. The highest BCUT2D eigenvalue weighted by atomic mass is 15.2. The first kappa shape index (κ1) is 12.5. The molecule has 17 heavy (non-hydrogen) atoms. The molecular formula is C14H23N3. The highest BCUT2D eigenvalue weighted by molar-refractivity contribution is 5.14. The van der Waals surface area contributed by atoms with Gasteiger partial charge in [-0.25, -0.2) is 0 Å². The normalized spacial score (nSPS) is 19.8. The summed E-state index contributed by atoms with van der Waals surface area (Å²) in [5, 5.41) is 0. The maximum atomic E-state index is 5.77. The third-order valence-electron chi connectivity index (χ3n) is 3.59. The molecule has 1 saturated heterocycles. The average Bonchev–Trinajstić information content (AvgIpc) is 2.66. The first-order valence-electron chi connectivity index (χ1n) is 6.76. The van der Waals surface area contributed by atoms with E-state index in [4.69, 9.17) is 5.73 Å². The maximum Gasteiger partial charge on any atom is 0.0375 e. The first-order valence-corrected chi connectivity index (χ1v) is 6.76. The average molecular weight is 233 g/mol. The van der Waals surface area contributed by atoms with Crippen LogP contribution < -0.4 is 5.73 Å². The van der Waals surface area contributed by atoms with Gasteiger partial charge >= 0.3 is 0 Å². The van der Waals surface area contributed by atoms with Crippen molar-refractivity contribution in [3.05, 3.63) is 30.1 Å². The Morgan fingerprint density at radius 1 is 1.24 bits per heavy atom. The van der Waals surface area contributed by atoms with E-state index in [2.05, 4.69) is 16.0 Å². The van der Waals surface area contributed by atoms with Crippen molar-refractivity contribution in [1.82, 2.24) is 9.88 Å². The number of nitrogens with two attached hydrogens (primary N) is 1. The number of pyridine rings is 1. The first-order chi connectivity index (χ1) is 8.42. The van der Waals surface area contributed by atoms with Crippen molar-refractivity contribution in [2.45, 2.75) is 38.1 Å². The summed E-state index contributed by atoms with van der Waals surface area (Å²) >= 11 is 0. The number of nitrogens with zero attached hydrogens (tertiary/aromatic N) is 2. The lowest BCUT2D eigenvalue weighted by atomic mass is 10.0. The summed E-state index contributed by atoms with van der Waals surface area (Å²) in [5.74, 6) is 0. The smallest absolute Gasteiger partial charge is 0.0375 e. The van der Waals surface area contributed by atoms with Crippen LogP contribution in [0.4, 0.5) is 0 Å². The summed E-state index contributed by atoms with van der Waals surface area (Å²) in [5.41, 5.74) is 7.08. The van der Waals surface area contributed by atoms with Gasteiger partial charge in [0.2, 0.25) is 0 Å². The molecule has 94 valence electrons. The highest BCUT2D eigenvalue weighted by Crippen LogP contribution is 2.26. The van der Waals surface area contributed by atoms with Gasteiger partial charge in [-0.2, -0.15) is 0 Å². The van der Waals surface area contributed by atoms with Crippen LogP contribution in [0.25, 0.3) is 0 Å². The van der Waals surface area contributed by atoms with E-state index in [1.807, 2.05) is 18.5 Å². The van der Waals surface area contributed by atoms with Crippen molar-refractivity contribution in [1.29, 1.82) is 0 Å². The van der Waals surface area contributed by atoms with E-state index in [1.54, 1.807) is 0 Å². The second kappa shape index (κ2) is 6.72. The predicted molar refractivity (Wildman–Crippen MR) is 70.7 cm³/mol. The molecule has 0 radical (unpaired) electrons. The third-order valence-corrected chi connectivity index (χ3v) is 3.59. The van der Waals surface area contributed by atoms with Crippen LogP contribution in [-0.2, 0) is 0 Å². The minimum absolute atomic E-state index is 0.465. The Labute approximate surface area is 104 Å². The van der Waals surface area contributed by atoms with E-state index in [0.717, 1.165) is 13.0 Å². The molecule has 3 heteroatoms. The van der Waals surface area contributed by atoms with Crippen LogP contribution in [0.1, 0.15) is 43.7 Å². The molecular weight excluding hydrogens is 210 g/mol. The lowest BCUT2D eigenvalue weighted by molar-refractivity contribution is 0.196. The molecule has 1 aromatic rings. The molecule has 0 saturated carbocycles. The second-order valence-electron chi connectivity index (χ2n) is 4.83. The largest absolute Gasteiger partial charge is 0.330 e. The molecule has 3 nitrogen and oxygen atoms in total. The summed E-state index contributed by atoms with van der Waals surface area (Å²) in [7, 11) is 0. The van der Waals surface area contributed by atoms with Crippen LogP contribution >= 0.6 is 0 Å². The number of hydrogen-bond acceptors (Lipinski definition) is 3. The molecule has 0 aromatic carbocycles. The van der Waals surface area contributed by atoms with Crippen LogP contribution in [0, 0.1) is 0 Å². The number of aromatic nitrogens is 1. The van der Waals surface area contributed by atoms with Crippen LogP contribution in [0.5, 0.6) is 0 Å². The molecule has 0 amide bonds. The van der Waals surface area contributed by atoms with Crippen LogP contribution in [0.3, 0.4) is 0 Å². The number of hydrogen-bond donors (Lipinski definition) is 1. The summed E-state index contributed by atoms with van der Waals surface area (Å²) in [6.45, 7) is 3.16. The molecule has 1 unspecified atom stereocenters. The minimum Gasteiger partial charge on any atom is -0.330 e. The summed E-state index contributed by atoms with van der Waals surface area (Å²) in [6.07, 6.45) is 10.3. The second-order valence-corrected chi connectivity index (χ2v) is 4.83. The fraction of sp³-hybridized carbons (Fsp3) is 0.643. The molecule has 0 bridgehead atoms. The van der Waals surface area contributed by atoms with Crippen LogP contribution in [0.15, 0.2) is 24.5 Å². The Morgan fingerprint density at radius 2 is 2.00 bits per heavy atom. The zero-order chi connectivity index (χ0) is 11.9. The van der Waals surface area contributed by atoms with Crippen LogP contribution in [0.2, 0.25) is 0 Å². The zero-order valence-corrected chi connectivity index (χ0v) is 10.5. The Balaban J connectivity index is 2.10. The van der Waals surface area contributed by atoms with E-state index < -0.39 is 0 Å². The van der Waals surface area contributed by atoms with Gasteiger partial charge in [-0.3, -0.25) is 9.88 Å². The Kier molecular flexibility index (Phi) is 4.95. The molecule has 1 fully saturated rings. The van der Waals surface area contributed by atoms with Crippen molar-refractivity contribution in [2.24, 2.45) is 5.73 Å². The van der Waals surface area contributed by atoms with Gasteiger partial charge < -0.3 is 5.73 Å². The van der Waals surface area contributed by atoms with Gasteiger partial charge in [0.05, 0.1) is 0 Å². The van der Waals surface area contributed by atoms with E-state index in [-0.39, 0.29) is 0 Å². The Bertz CT molecular complexity index is 305. The van der Waals surface area contributed by atoms with Crippen LogP contribution in [-0.4, -0.2) is 29.5 Å². The van der Waals surface area contributed by atoms with Crippen molar-refractivity contribution in [3.63, 3.8) is 0 Å². The fourth-order valence-corrected chi connectivity index (χ4v) is 2.70. The summed E-state index contributed by atoms with van der Waals surface area (Å²) in [6, 6.07) is 4.67. The SMILES string of the molecule is NCCC(c1cccnc1)N1CCCCCC1. The van der Waals surface area contributed by atoms with Gasteiger partial charge in [-0.1, -0.05) is 18.9 Å². The van der Waals surface area contributed by atoms with E-state index in [0.29, 0.717) is 6.04 Å². The Morgan fingerprint density at radius 3 is 2.59 bits per heavy atom. The number of likely N-dealkylation sites (tertiary alicyclic amines) is 1. The van der Waals surface area contributed by atoms with E-state index >= 15 is 0 Å². The van der Waals surface area contributed by atoms with Gasteiger partial charge in [-0.15, -0.1) is 0 Å². The molecule has 0 spiro atoms. The van der Waals surface area contributed by atoms with Crippen molar-refractivity contribution in [2.75, 3.05) is 19.6 Å². The molecule has 2 N–H and O–H groups in total. The molecule has 2 heterocycles. The predicted octanol–water partition coefficient (Wildman–Crippen LogP) is 2.35. The lowest BCUT2D eigenvalue weighted by Gasteiger charge is -2.30. The quantitative estimate of drug-likeness (QED) is 0.868.